The molecule has 1 N–H and O–H groups in total. The Kier molecular flexibility index (Phi) is 4.70. The molecular weight excluding hydrogens is 422 g/mol. The lowest BCUT2D eigenvalue weighted by atomic mass is 10.0. The zero-order valence-electron chi connectivity index (χ0n) is 15.6. The van der Waals surface area contributed by atoms with Gasteiger partial charge < -0.3 is 5.32 Å². The van der Waals surface area contributed by atoms with Gasteiger partial charge in [0, 0.05) is 21.2 Å². The second-order valence-electron chi connectivity index (χ2n) is 6.87. The van der Waals surface area contributed by atoms with Gasteiger partial charge in [-0.1, -0.05) is 107 Å². The summed E-state index contributed by atoms with van der Waals surface area (Å²) in [6.07, 6.45) is -0.251. The van der Waals surface area contributed by atoms with Gasteiger partial charge in [0.1, 0.15) is 12.0 Å². The van der Waals surface area contributed by atoms with Crippen molar-refractivity contribution in [2.45, 2.75) is 6.17 Å². The Morgan fingerprint density at radius 1 is 0.690 bits per heavy atom. The van der Waals surface area contributed by atoms with Crippen LogP contribution >= 0.6 is 15.9 Å². The lowest BCUT2D eigenvalue weighted by molar-refractivity contribution is 0.677. The highest BCUT2D eigenvalue weighted by molar-refractivity contribution is 9.10. The molecule has 0 aromatic heterocycles. The van der Waals surface area contributed by atoms with E-state index in [0.717, 1.165) is 32.8 Å². The first-order valence-corrected chi connectivity index (χ1v) is 10.3. The molecule has 4 aromatic carbocycles. The molecule has 3 nitrogen and oxygen atoms in total. The summed E-state index contributed by atoms with van der Waals surface area (Å²) in [7, 11) is 0. The van der Waals surface area contributed by atoms with Crippen molar-refractivity contribution in [2.24, 2.45) is 9.98 Å². The van der Waals surface area contributed by atoms with E-state index in [1.807, 2.05) is 48.5 Å². The molecule has 5 rings (SSSR count). The third-order valence-electron chi connectivity index (χ3n) is 5.01. The van der Waals surface area contributed by atoms with E-state index in [1.54, 1.807) is 0 Å². The smallest absolute Gasteiger partial charge is 0.159 e. The summed E-state index contributed by atoms with van der Waals surface area (Å²) in [5.74, 6) is 1.55. The summed E-state index contributed by atoms with van der Waals surface area (Å²) in [4.78, 5) is 9.85. The Morgan fingerprint density at radius 3 is 2.10 bits per heavy atom. The van der Waals surface area contributed by atoms with Gasteiger partial charge >= 0.3 is 0 Å². The van der Waals surface area contributed by atoms with Gasteiger partial charge in [-0.3, -0.25) is 0 Å². The first-order chi connectivity index (χ1) is 14.3. The number of fused-ring (bicyclic) bond motifs is 1. The van der Waals surface area contributed by atoms with Crippen LogP contribution in [0.1, 0.15) is 22.9 Å². The number of amidine groups is 2. The van der Waals surface area contributed by atoms with Gasteiger partial charge in [0.05, 0.1) is 0 Å². The number of hydrogen-bond donors (Lipinski definition) is 1. The average Bonchev–Trinajstić information content (AvgIpc) is 2.80. The molecule has 0 amide bonds. The van der Waals surface area contributed by atoms with Crippen molar-refractivity contribution in [3.63, 3.8) is 0 Å². The van der Waals surface area contributed by atoms with Crippen LogP contribution in [0.25, 0.3) is 10.8 Å². The van der Waals surface area contributed by atoms with Crippen molar-refractivity contribution in [2.75, 3.05) is 0 Å². The fraction of sp³-hybridized carbons (Fsp3) is 0.0400. The molecule has 0 spiro atoms. The molecule has 1 aliphatic heterocycles. The molecule has 0 fully saturated rings. The van der Waals surface area contributed by atoms with Gasteiger partial charge in [-0.15, -0.1) is 0 Å². The van der Waals surface area contributed by atoms with Gasteiger partial charge in [-0.05, 0) is 16.8 Å². The third kappa shape index (κ3) is 3.47. The predicted octanol–water partition coefficient (Wildman–Crippen LogP) is 6.10. The molecule has 29 heavy (non-hydrogen) atoms. The summed E-state index contributed by atoms with van der Waals surface area (Å²) in [5.41, 5.74) is 3.15. The van der Waals surface area contributed by atoms with Gasteiger partial charge in [-0.2, -0.15) is 0 Å². The molecule has 0 saturated heterocycles. The largest absolute Gasteiger partial charge is 0.344 e. The number of rotatable bonds is 3. The first-order valence-electron chi connectivity index (χ1n) is 9.50. The number of nitrogens with one attached hydrogen (secondary N) is 1. The Bertz CT molecular complexity index is 1230. The van der Waals surface area contributed by atoms with Crippen molar-refractivity contribution < 1.29 is 0 Å². The van der Waals surface area contributed by atoms with Crippen molar-refractivity contribution in [1.29, 1.82) is 0 Å². The van der Waals surface area contributed by atoms with E-state index in [0.29, 0.717) is 0 Å². The molecule has 0 aliphatic carbocycles. The van der Waals surface area contributed by atoms with E-state index >= 15 is 0 Å². The number of halogens is 1. The van der Waals surface area contributed by atoms with Crippen LogP contribution in [0.2, 0.25) is 0 Å². The summed E-state index contributed by atoms with van der Waals surface area (Å²) >= 11 is 3.76. The Balaban J connectivity index is 1.69. The number of nitrogens with zero attached hydrogens (tertiary/aromatic N) is 2. The standard InChI is InChI=1S/C25H18BrN3/c26-21-16-15-17-9-7-8-14-20(17)22(21)25-28-23(18-10-3-1-4-11-18)27-24(29-25)19-12-5-2-6-13-19/h1-16,25H,(H,27,28,29). The monoisotopic (exact) mass is 439 g/mol. The number of hydrogen-bond acceptors (Lipinski definition) is 3. The van der Waals surface area contributed by atoms with Crippen LogP contribution in [0, 0.1) is 0 Å². The van der Waals surface area contributed by atoms with Gasteiger partial charge in [0.2, 0.25) is 0 Å². The molecule has 140 valence electrons. The highest BCUT2D eigenvalue weighted by atomic mass is 79.9. The van der Waals surface area contributed by atoms with E-state index in [-0.39, 0.29) is 6.17 Å². The lowest BCUT2D eigenvalue weighted by Gasteiger charge is -2.25. The predicted molar refractivity (Wildman–Crippen MR) is 123 cm³/mol. The van der Waals surface area contributed by atoms with Crippen LogP contribution in [0.3, 0.4) is 0 Å². The Hall–Kier alpha value is -3.24. The summed E-state index contributed by atoms with van der Waals surface area (Å²) in [6.45, 7) is 0. The minimum absolute atomic E-state index is 0.251. The Labute approximate surface area is 178 Å². The van der Waals surface area contributed by atoms with Gasteiger partial charge in [0.15, 0.2) is 5.84 Å². The van der Waals surface area contributed by atoms with Crippen LogP contribution in [-0.4, -0.2) is 11.7 Å². The number of aliphatic imine (C=N–C) groups is 2. The molecule has 1 heterocycles. The van der Waals surface area contributed by atoms with Crippen LogP contribution < -0.4 is 5.32 Å². The second-order valence-corrected chi connectivity index (χ2v) is 7.73. The quantitative estimate of drug-likeness (QED) is 0.411. The van der Waals surface area contributed by atoms with E-state index in [1.165, 1.54) is 10.8 Å². The molecule has 1 aliphatic rings. The molecule has 0 saturated carbocycles. The average molecular weight is 440 g/mol. The van der Waals surface area contributed by atoms with E-state index in [2.05, 4.69) is 69.8 Å². The zero-order valence-corrected chi connectivity index (χ0v) is 17.2. The molecule has 0 radical (unpaired) electrons. The summed E-state index contributed by atoms with van der Waals surface area (Å²) < 4.78 is 1.03. The van der Waals surface area contributed by atoms with E-state index in [9.17, 15) is 0 Å². The van der Waals surface area contributed by atoms with Crippen molar-refractivity contribution in [3.05, 3.63) is 118 Å². The molecule has 4 aromatic rings. The summed E-state index contributed by atoms with van der Waals surface area (Å²) in [5, 5.41) is 5.91. The maximum Gasteiger partial charge on any atom is 0.159 e. The van der Waals surface area contributed by atoms with Crippen LogP contribution in [-0.2, 0) is 0 Å². The minimum Gasteiger partial charge on any atom is -0.344 e. The van der Waals surface area contributed by atoms with Crippen LogP contribution in [0.4, 0.5) is 0 Å². The van der Waals surface area contributed by atoms with Gasteiger partial charge in [-0.25, -0.2) is 9.98 Å². The van der Waals surface area contributed by atoms with Crippen molar-refractivity contribution in [3.8, 4) is 0 Å². The van der Waals surface area contributed by atoms with E-state index < -0.39 is 0 Å². The first kappa shape index (κ1) is 17.8. The van der Waals surface area contributed by atoms with Crippen molar-refractivity contribution >= 4 is 38.4 Å². The van der Waals surface area contributed by atoms with Crippen LogP contribution in [0.5, 0.6) is 0 Å². The molecule has 1 unspecified atom stereocenters. The SMILES string of the molecule is Brc1ccc2ccccc2c1C1N=C(c2ccccc2)N=C(c2ccccc2)N1. The molecule has 0 bridgehead atoms. The van der Waals surface area contributed by atoms with E-state index in [4.69, 9.17) is 9.98 Å². The fourth-order valence-electron chi connectivity index (χ4n) is 3.60. The van der Waals surface area contributed by atoms with Gasteiger partial charge in [0.25, 0.3) is 0 Å². The topological polar surface area (TPSA) is 36.8 Å². The number of benzene rings is 4. The third-order valence-corrected chi connectivity index (χ3v) is 5.70. The normalized spacial score (nSPS) is 16.1. The molecular formula is C25H18BrN3. The van der Waals surface area contributed by atoms with Crippen LogP contribution in [0.15, 0.2) is 112 Å². The molecule has 4 heteroatoms. The summed E-state index contributed by atoms with van der Waals surface area (Å²) in [6, 6.07) is 32.9. The molecule has 1 atom stereocenters. The maximum absolute atomic E-state index is 5.00. The zero-order chi connectivity index (χ0) is 19.6. The maximum atomic E-state index is 5.00. The lowest BCUT2D eigenvalue weighted by Crippen LogP contribution is -2.33. The van der Waals surface area contributed by atoms with Crippen molar-refractivity contribution in [1.82, 2.24) is 5.32 Å². The second kappa shape index (κ2) is 7.64. The fourth-order valence-corrected chi connectivity index (χ4v) is 4.17. The minimum atomic E-state index is -0.251. The highest BCUT2D eigenvalue weighted by Gasteiger charge is 2.24. The highest BCUT2D eigenvalue weighted by Crippen LogP contribution is 2.34. The Morgan fingerprint density at radius 2 is 1.34 bits per heavy atom.